The first kappa shape index (κ1) is 18.8. The minimum atomic E-state index is -1.01. The van der Waals surface area contributed by atoms with Crippen LogP contribution in [0.5, 0.6) is 0 Å². The van der Waals surface area contributed by atoms with Crippen molar-refractivity contribution in [1.29, 1.82) is 0 Å². The lowest BCUT2D eigenvalue weighted by Gasteiger charge is -2.23. The van der Waals surface area contributed by atoms with Crippen LogP contribution >= 0.6 is 11.3 Å². The van der Waals surface area contributed by atoms with Crippen molar-refractivity contribution in [1.82, 2.24) is 0 Å². The average molecular weight is 381 g/mol. The van der Waals surface area contributed by atoms with Crippen LogP contribution in [0.2, 0.25) is 0 Å². The van der Waals surface area contributed by atoms with Crippen molar-refractivity contribution >= 4 is 34.2 Å². The molecule has 2 saturated heterocycles. The van der Waals surface area contributed by atoms with Gasteiger partial charge in [-0.15, -0.1) is 11.3 Å². The summed E-state index contributed by atoms with van der Waals surface area (Å²) in [5, 5.41) is 12.7. The van der Waals surface area contributed by atoms with E-state index in [9.17, 15) is 19.5 Å². The van der Waals surface area contributed by atoms with E-state index in [1.54, 1.807) is 13.0 Å². The molecule has 1 amide bonds. The Bertz CT molecular complexity index is 715. The number of hydrogen-bond acceptors (Lipinski definition) is 6. The van der Waals surface area contributed by atoms with Crippen LogP contribution in [0.15, 0.2) is 6.07 Å². The third-order valence-corrected chi connectivity index (χ3v) is 5.98. The van der Waals surface area contributed by atoms with E-state index in [-0.39, 0.29) is 12.7 Å². The zero-order chi connectivity index (χ0) is 18.8. The minimum absolute atomic E-state index is 0.243. The van der Waals surface area contributed by atoms with Crippen LogP contribution in [0.3, 0.4) is 0 Å². The SMILES string of the molecule is CCCc1cc(C(=O)OCC)c(NC(=O)[C@H]2[C@@H](C(=O)O)[C@@H]3CC[C@H]2O3)s1. The number of aliphatic carboxylic acids is 1. The van der Waals surface area contributed by atoms with E-state index in [0.717, 1.165) is 17.7 Å². The third-order valence-electron chi connectivity index (χ3n) is 4.87. The van der Waals surface area contributed by atoms with Gasteiger partial charge < -0.3 is 19.9 Å². The normalized spacial score (nSPS) is 26.7. The van der Waals surface area contributed by atoms with Crippen molar-refractivity contribution in [3.05, 3.63) is 16.5 Å². The van der Waals surface area contributed by atoms with E-state index in [2.05, 4.69) is 5.32 Å². The summed E-state index contributed by atoms with van der Waals surface area (Å²) in [4.78, 5) is 37.6. The molecule has 26 heavy (non-hydrogen) atoms. The number of carbonyl (C=O) groups excluding carboxylic acids is 2. The number of thiophene rings is 1. The number of carbonyl (C=O) groups is 3. The highest BCUT2D eigenvalue weighted by atomic mass is 32.1. The fourth-order valence-electron chi connectivity index (χ4n) is 3.78. The second-order valence-corrected chi connectivity index (χ2v) is 7.73. The molecule has 0 radical (unpaired) electrons. The zero-order valence-corrected chi connectivity index (χ0v) is 15.6. The zero-order valence-electron chi connectivity index (χ0n) is 14.8. The van der Waals surface area contributed by atoms with Gasteiger partial charge >= 0.3 is 11.9 Å². The van der Waals surface area contributed by atoms with E-state index in [1.165, 1.54) is 11.3 Å². The summed E-state index contributed by atoms with van der Waals surface area (Å²) >= 11 is 1.33. The van der Waals surface area contributed by atoms with E-state index in [4.69, 9.17) is 9.47 Å². The van der Waals surface area contributed by atoms with Gasteiger partial charge in [0, 0.05) is 4.88 Å². The third kappa shape index (κ3) is 3.48. The molecule has 2 aliphatic heterocycles. The number of rotatable bonds is 7. The van der Waals surface area contributed by atoms with Gasteiger partial charge in [0.15, 0.2) is 0 Å². The lowest BCUT2D eigenvalue weighted by molar-refractivity contribution is -0.147. The molecule has 1 aromatic rings. The number of carboxylic acid groups (broad SMARTS) is 1. The maximum atomic E-state index is 12.8. The molecule has 0 aromatic carbocycles. The minimum Gasteiger partial charge on any atom is -0.481 e. The Morgan fingerprint density at radius 1 is 1.27 bits per heavy atom. The quantitative estimate of drug-likeness (QED) is 0.704. The molecule has 2 N–H and O–H groups in total. The lowest BCUT2D eigenvalue weighted by Crippen LogP contribution is -2.41. The molecule has 2 bridgehead atoms. The maximum Gasteiger partial charge on any atom is 0.341 e. The molecule has 3 heterocycles. The van der Waals surface area contributed by atoms with Crippen LogP contribution in [-0.2, 0) is 25.5 Å². The molecule has 2 fully saturated rings. The smallest absolute Gasteiger partial charge is 0.341 e. The molecule has 3 rings (SSSR count). The number of nitrogens with one attached hydrogen (secondary N) is 1. The summed E-state index contributed by atoms with van der Waals surface area (Å²) in [5.74, 6) is -3.48. The van der Waals surface area contributed by atoms with Gasteiger partial charge in [0.25, 0.3) is 0 Å². The van der Waals surface area contributed by atoms with Crippen molar-refractivity contribution in [2.45, 2.75) is 51.7 Å². The number of aryl methyl sites for hydroxylation is 1. The van der Waals surface area contributed by atoms with Crippen molar-refractivity contribution < 1.29 is 29.0 Å². The number of esters is 1. The van der Waals surface area contributed by atoms with E-state index in [0.29, 0.717) is 23.4 Å². The fourth-order valence-corrected chi connectivity index (χ4v) is 4.93. The van der Waals surface area contributed by atoms with Crippen LogP contribution in [0.4, 0.5) is 5.00 Å². The molecule has 0 unspecified atom stereocenters. The predicted octanol–water partition coefficient (Wildman–Crippen LogP) is 2.69. The van der Waals surface area contributed by atoms with Crippen LogP contribution in [0, 0.1) is 11.8 Å². The largest absolute Gasteiger partial charge is 0.481 e. The van der Waals surface area contributed by atoms with Crippen LogP contribution in [0.25, 0.3) is 0 Å². The van der Waals surface area contributed by atoms with E-state index >= 15 is 0 Å². The lowest BCUT2D eigenvalue weighted by atomic mass is 9.79. The van der Waals surface area contributed by atoms with Gasteiger partial charge in [0.2, 0.25) is 5.91 Å². The van der Waals surface area contributed by atoms with E-state index in [1.807, 2.05) is 6.92 Å². The second-order valence-electron chi connectivity index (χ2n) is 6.60. The Balaban J connectivity index is 1.82. The van der Waals surface area contributed by atoms with Gasteiger partial charge in [-0.05, 0) is 32.3 Å². The van der Waals surface area contributed by atoms with Crippen molar-refractivity contribution in [3.63, 3.8) is 0 Å². The molecule has 0 spiro atoms. The van der Waals surface area contributed by atoms with Crippen LogP contribution < -0.4 is 5.32 Å². The molecule has 0 aliphatic carbocycles. The maximum absolute atomic E-state index is 12.8. The first-order valence-electron chi connectivity index (χ1n) is 8.95. The Morgan fingerprint density at radius 3 is 2.58 bits per heavy atom. The number of hydrogen-bond donors (Lipinski definition) is 2. The van der Waals surface area contributed by atoms with Gasteiger partial charge in [-0.25, -0.2) is 4.79 Å². The summed E-state index contributed by atoms with van der Waals surface area (Å²) < 4.78 is 10.7. The number of carboxylic acids is 1. The van der Waals surface area contributed by atoms with Crippen molar-refractivity contribution in [3.8, 4) is 0 Å². The van der Waals surface area contributed by atoms with Gasteiger partial charge in [-0.2, -0.15) is 0 Å². The summed E-state index contributed by atoms with van der Waals surface area (Å²) in [7, 11) is 0. The Labute approximate surface area is 155 Å². The number of ether oxygens (including phenoxy) is 2. The summed E-state index contributed by atoms with van der Waals surface area (Å²) in [6, 6.07) is 1.74. The van der Waals surface area contributed by atoms with Gasteiger partial charge in [0.05, 0.1) is 36.2 Å². The monoisotopic (exact) mass is 381 g/mol. The summed E-state index contributed by atoms with van der Waals surface area (Å²) in [6.07, 6.45) is 2.28. The fraction of sp³-hybridized carbons (Fsp3) is 0.611. The molecule has 2 aliphatic rings. The van der Waals surface area contributed by atoms with E-state index < -0.39 is 35.8 Å². The number of fused-ring (bicyclic) bond motifs is 2. The topological polar surface area (TPSA) is 102 Å². The number of amides is 1. The summed E-state index contributed by atoms with van der Waals surface area (Å²) in [5.41, 5.74) is 0.324. The Morgan fingerprint density at radius 2 is 1.96 bits per heavy atom. The average Bonchev–Trinajstić information content (AvgIpc) is 3.29. The molecule has 8 heteroatoms. The number of anilines is 1. The van der Waals surface area contributed by atoms with Crippen LogP contribution in [-0.4, -0.2) is 41.8 Å². The molecule has 1 aromatic heterocycles. The standard InChI is InChI=1S/C18H23NO6S/c1-3-5-9-8-10(18(23)24-4-2)16(26-9)19-15(20)13-11-6-7-12(25-11)14(13)17(21)22/h8,11-14H,3-7H2,1-2H3,(H,19,20)(H,21,22)/t11-,12+,13-,14+/m1/s1. The molecular weight excluding hydrogens is 358 g/mol. The Hall–Kier alpha value is -1.93. The molecule has 0 saturated carbocycles. The van der Waals surface area contributed by atoms with Gasteiger partial charge in [0.1, 0.15) is 5.00 Å². The molecule has 142 valence electrons. The first-order valence-corrected chi connectivity index (χ1v) is 9.76. The van der Waals surface area contributed by atoms with Gasteiger partial charge in [-0.3, -0.25) is 9.59 Å². The highest BCUT2D eigenvalue weighted by Crippen LogP contribution is 2.44. The first-order chi connectivity index (χ1) is 12.5. The predicted molar refractivity (Wildman–Crippen MR) is 95.4 cm³/mol. The molecule has 7 nitrogen and oxygen atoms in total. The Kier molecular flexibility index (Phi) is 5.62. The van der Waals surface area contributed by atoms with Crippen molar-refractivity contribution in [2.75, 3.05) is 11.9 Å². The molecular formula is C18H23NO6S. The van der Waals surface area contributed by atoms with Crippen LogP contribution in [0.1, 0.15) is 48.3 Å². The van der Waals surface area contributed by atoms with Gasteiger partial charge in [-0.1, -0.05) is 13.3 Å². The highest BCUT2D eigenvalue weighted by molar-refractivity contribution is 7.16. The second kappa shape index (κ2) is 7.75. The highest BCUT2D eigenvalue weighted by Gasteiger charge is 2.55. The summed E-state index contributed by atoms with van der Waals surface area (Å²) in [6.45, 7) is 4.00. The van der Waals surface area contributed by atoms with Crippen molar-refractivity contribution in [2.24, 2.45) is 11.8 Å². The molecule has 4 atom stereocenters.